The molecule has 0 fully saturated rings. The van der Waals surface area contributed by atoms with Gasteiger partial charge in [0.2, 0.25) is 5.88 Å². The quantitative estimate of drug-likeness (QED) is 0.243. The summed E-state index contributed by atoms with van der Waals surface area (Å²) in [5.41, 5.74) is 5.92. The topological polar surface area (TPSA) is 35.0 Å². The molecule has 0 bridgehead atoms. The van der Waals surface area contributed by atoms with Crippen LogP contribution in [-0.4, -0.2) is 9.97 Å². The fourth-order valence-corrected chi connectivity index (χ4v) is 3.85. The molecule has 170 valence electrons. The molecule has 3 heteroatoms. The van der Waals surface area contributed by atoms with Crippen molar-refractivity contribution >= 4 is 0 Å². The first-order valence-corrected chi connectivity index (χ1v) is 12.4. The molecule has 1 heterocycles. The number of aromatic nitrogens is 2. The van der Waals surface area contributed by atoms with E-state index in [1.54, 1.807) is 12.4 Å². The summed E-state index contributed by atoms with van der Waals surface area (Å²) < 4.78 is 5.85. The van der Waals surface area contributed by atoms with Gasteiger partial charge in [-0.2, -0.15) is 0 Å². The summed E-state index contributed by atoms with van der Waals surface area (Å²) in [6.45, 7) is 5.01. The van der Waals surface area contributed by atoms with Crippen molar-refractivity contribution in [2.75, 3.05) is 0 Å². The fraction of sp³-hybridized carbons (Fsp3) is 0.448. The molecule has 0 radical (unpaired) electrons. The van der Waals surface area contributed by atoms with Crippen molar-refractivity contribution in [3.8, 4) is 17.1 Å². The normalized spacial score (nSPS) is 10.9. The molecule has 32 heavy (non-hydrogen) atoms. The van der Waals surface area contributed by atoms with E-state index in [1.807, 2.05) is 0 Å². The lowest BCUT2D eigenvalue weighted by Crippen LogP contribution is -1.99. The number of unbranched alkanes of at least 4 members (excludes halogenated alkanes) is 6. The monoisotopic (exact) mass is 430 g/mol. The molecule has 0 aliphatic rings. The van der Waals surface area contributed by atoms with E-state index in [1.165, 1.54) is 62.5 Å². The van der Waals surface area contributed by atoms with E-state index in [2.05, 4.69) is 72.3 Å². The highest BCUT2D eigenvalue weighted by molar-refractivity contribution is 5.58. The van der Waals surface area contributed by atoms with Crippen LogP contribution in [0.2, 0.25) is 0 Å². The van der Waals surface area contributed by atoms with Crippen molar-refractivity contribution in [2.24, 2.45) is 0 Å². The summed E-state index contributed by atoms with van der Waals surface area (Å²) in [6, 6.07) is 17.4. The Labute approximate surface area is 194 Å². The van der Waals surface area contributed by atoms with Crippen molar-refractivity contribution < 1.29 is 4.74 Å². The summed E-state index contributed by atoms with van der Waals surface area (Å²) in [4.78, 5) is 9.00. The molecule has 3 aromatic rings. The molecule has 0 N–H and O–H groups in total. The number of aryl methyl sites for hydroxylation is 2. The standard InChI is InChI=1S/C29H38N2O/c1-3-5-7-8-10-12-24-13-15-26(16-14-24)23-32-29-22-30-28(21-31-29)27-19-17-25(18-20-27)11-9-6-4-2/h13-22H,3-12,23H2,1-2H3. The fourth-order valence-electron chi connectivity index (χ4n) is 3.85. The zero-order valence-electron chi connectivity index (χ0n) is 19.9. The first-order valence-electron chi connectivity index (χ1n) is 12.4. The zero-order valence-corrected chi connectivity index (χ0v) is 19.9. The smallest absolute Gasteiger partial charge is 0.232 e. The van der Waals surface area contributed by atoms with Gasteiger partial charge in [0, 0.05) is 5.56 Å². The van der Waals surface area contributed by atoms with Crippen LogP contribution in [0.1, 0.15) is 81.9 Å². The third-order valence-corrected chi connectivity index (χ3v) is 5.93. The Hall–Kier alpha value is -2.68. The second-order valence-electron chi connectivity index (χ2n) is 8.66. The molecule has 0 saturated carbocycles. The van der Waals surface area contributed by atoms with Crippen LogP contribution in [0.4, 0.5) is 0 Å². The number of ether oxygens (including phenoxy) is 1. The lowest BCUT2D eigenvalue weighted by atomic mass is 10.0. The van der Waals surface area contributed by atoms with Gasteiger partial charge >= 0.3 is 0 Å². The van der Waals surface area contributed by atoms with Gasteiger partial charge < -0.3 is 4.74 Å². The molecule has 0 unspecified atom stereocenters. The van der Waals surface area contributed by atoms with E-state index in [-0.39, 0.29) is 0 Å². The van der Waals surface area contributed by atoms with Gasteiger partial charge in [-0.3, -0.25) is 0 Å². The molecule has 0 atom stereocenters. The van der Waals surface area contributed by atoms with Crippen molar-refractivity contribution in [2.45, 2.75) is 84.7 Å². The van der Waals surface area contributed by atoms with E-state index in [0.717, 1.165) is 29.7 Å². The Balaban J connectivity index is 1.44. The van der Waals surface area contributed by atoms with Crippen molar-refractivity contribution in [1.82, 2.24) is 9.97 Å². The van der Waals surface area contributed by atoms with E-state index >= 15 is 0 Å². The molecule has 0 aliphatic heterocycles. The van der Waals surface area contributed by atoms with E-state index < -0.39 is 0 Å². The molecule has 1 aromatic heterocycles. The SMILES string of the molecule is CCCCCCCc1ccc(COc2cnc(-c3ccc(CCCCC)cc3)cn2)cc1. The third kappa shape index (κ3) is 8.11. The summed E-state index contributed by atoms with van der Waals surface area (Å²) >= 11 is 0. The Morgan fingerprint density at radius 3 is 1.78 bits per heavy atom. The minimum Gasteiger partial charge on any atom is -0.472 e. The van der Waals surface area contributed by atoms with Crippen LogP contribution in [0.15, 0.2) is 60.9 Å². The van der Waals surface area contributed by atoms with Gasteiger partial charge in [0.1, 0.15) is 6.61 Å². The predicted molar refractivity (Wildman–Crippen MR) is 134 cm³/mol. The summed E-state index contributed by atoms with van der Waals surface area (Å²) in [6.07, 6.45) is 16.2. The minimum atomic E-state index is 0.511. The van der Waals surface area contributed by atoms with Gasteiger partial charge in [-0.1, -0.05) is 101 Å². The van der Waals surface area contributed by atoms with Crippen molar-refractivity contribution in [3.63, 3.8) is 0 Å². The predicted octanol–water partition coefficient (Wildman–Crippen LogP) is 7.97. The molecule has 2 aromatic carbocycles. The highest BCUT2D eigenvalue weighted by atomic mass is 16.5. The molecule has 0 aliphatic carbocycles. The van der Waals surface area contributed by atoms with Crippen LogP contribution in [0.3, 0.4) is 0 Å². The Morgan fingerprint density at radius 1 is 0.594 bits per heavy atom. The minimum absolute atomic E-state index is 0.511. The largest absolute Gasteiger partial charge is 0.472 e. The van der Waals surface area contributed by atoms with Gasteiger partial charge in [0.15, 0.2) is 0 Å². The van der Waals surface area contributed by atoms with Gasteiger partial charge in [-0.05, 0) is 42.4 Å². The number of hydrogen-bond donors (Lipinski definition) is 0. The van der Waals surface area contributed by atoms with Crippen molar-refractivity contribution in [1.29, 1.82) is 0 Å². The van der Waals surface area contributed by atoms with Crippen LogP contribution >= 0.6 is 0 Å². The number of benzene rings is 2. The molecular formula is C29H38N2O. The van der Waals surface area contributed by atoms with E-state index in [9.17, 15) is 0 Å². The third-order valence-electron chi connectivity index (χ3n) is 5.93. The van der Waals surface area contributed by atoms with Crippen LogP contribution in [0, 0.1) is 0 Å². The molecular weight excluding hydrogens is 392 g/mol. The second-order valence-corrected chi connectivity index (χ2v) is 8.66. The maximum absolute atomic E-state index is 5.85. The first kappa shape index (κ1) is 24.0. The Kier molecular flexibility index (Phi) is 10.2. The van der Waals surface area contributed by atoms with Crippen LogP contribution in [0.25, 0.3) is 11.3 Å². The zero-order chi connectivity index (χ0) is 22.4. The molecule has 3 rings (SSSR count). The van der Waals surface area contributed by atoms with Crippen LogP contribution < -0.4 is 4.74 Å². The molecule has 0 spiro atoms. The lowest BCUT2D eigenvalue weighted by molar-refractivity contribution is 0.292. The van der Waals surface area contributed by atoms with Crippen molar-refractivity contribution in [3.05, 3.63) is 77.6 Å². The molecule has 0 saturated heterocycles. The maximum atomic E-state index is 5.85. The Bertz CT molecular complexity index is 886. The summed E-state index contributed by atoms with van der Waals surface area (Å²) in [5.74, 6) is 0.560. The molecule has 0 amide bonds. The lowest BCUT2D eigenvalue weighted by Gasteiger charge is -2.08. The summed E-state index contributed by atoms with van der Waals surface area (Å²) in [5, 5.41) is 0. The average molecular weight is 431 g/mol. The van der Waals surface area contributed by atoms with Crippen LogP contribution in [0.5, 0.6) is 5.88 Å². The van der Waals surface area contributed by atoms with E-state index in [0.29, 0.717) is 12.5 Å². The Morgan fingerprint density at radius 2 is 1.16 bits per heavy atom. The number of rotatable bonds is 14. The van der Waals surface area contributed by atoms with Crippen LogP contribution in [-0.2, 0) is 19.4 Å². The highest BCUT2D eigenvalue weighted by Crippen LogP contribution is 2.20. The second kappa shape index (κ2) is 13.7. The van der Waals surface area contributed by atoms with Gasteiger partial charge in [-0.25, -0.2) is 9.97 Å². The number of hydrogen-bond acceptors (Lipinski definition) is 3. The highest BCUT2D eigenvalue weighted by Gasteiger charge is 2.04. The van der Waals surface area contributed by atoms with Gasteiger partial charge in [0.05, 0.1) is 18.1 Å². The summed E-state index contributed by atoms with van der Waals surface area (Å²) in [7, 11) is 0. The molecule has 3 nitrogen and oxygen atoms in total. The number of nitrogens with zero attached hydrogens (tertiary/aromatic N) is 2. The van der Waals surface area contributed by atoms with Gasteiger partial charge in [0.25, 0.3) is 0 Å². The van der Waals surface area contributed by atoms with Gasteiger partial charge in [-0.15, -0.1) is 0 Å². The van der Waals surface area contributed by atoms with E-state index in [4.69, 9.17) is 4.74 Å². The average Bonchev–Trinajstić information content (AvgIpc) is 2.84. The maximum Gasteiger partial charge on any atom is 0.232 e. The first-order chi connectivity index (χ1) is 15.8.